The predicted octanol–water partition coefficient (Wildman–Crippen LogP) is 5.56. The van der Waals surface area contributed by atoms with Gasteiger partial charge in [0, 0.05) is 35.1 Å². The van der Waals surface area contributed by atoms with Crippen molar-refractivity contribution in [1.82, 2.24) is 4.98 Å². The third-order valence-electron chi connectivity index (χ3n) is 5.04. The molecule has 1 N–H and O–H groups in total. The normalized spacial score (nSPS) is 17.1. The Morgan fingerprint density at radius 3 is 2.52 bits per heavy atom. The summed E-state index contributed by atoms with van der Waals surface area (Å²) in [6.45, 7) is 0. The Morgan fingerprint density at radius 1 is 1.00 bits per heavy atom. The van der Waals surface area contributed by atoms with E-state index in [4.69, 9.17) is 23.2 Å². The molecule has 0 bridgehead atoms. The molecule has 0 saturated carbocycles. The van der Waals surface area contributed by atoms with E-state index in [1.54, 1.807) is 54.9 Å². The number of pyridine rings is 1. The number of hydrogen-bond acceptors (Lipinski definition) is 4. The number of aromatic nitrogens is 1. The molecule has 154 valence electrons. The van der Waals surface area contributed by atoms with Crippen LogP contribution >= 0.6 is 23.2 Å². The summed E-state index contributed by atoms with van der Waals surface area (Å²) >= 11 is 12.2. The molecular formula is C24H16Cl2N2O3. The number of carboxylic acids is 1. The first kappa shape index (κ1) is 21.0. The molecule has 0 aliphatic carbocycles. The highest BCUT2D eigenvalue weighted by Gasteiger charge is 2.39. The lowest BCUT2D eigenvalue weighted by atomic mass is 9.85. The van der Waals surface area contributed by atoms with Gasteiger partial charge in [0.2, 0.25) is 0 Å². The molecule has 0 spiro atoms. The van der Waals surface area contributed by atoms with Crippen molar-refractivity contribution in [2.24, 2.45) is 4.99 Å². The summed E-state index contributed by atoms with van der Waals surface area (Å²) in [5.41, 5.74) is 1.55. The fraction of sp³-hybridized carbons (Fsp3) is 0.0833. The summed E-state index contributed by atoms with van der Waals surface area (Å²) in [7, 11) is 0. The SMILES string of the molecule is O=C(O)c1cccc(-c2ccnc(CC3(C(=O)c4ccc(Cl)cc4Cl)C=CC=N3)c2)c1. The van der Waals surface area contributed by atoms with E-state index >= 15 is 0 Å². The molecule has 31 heavy (non-hydrogen) atoms. The van der Waals surface area contributed by atoms with Crippen molar-refractivity contribution in [3.8, 4) is 11.1 Å². The Balaban J connectivity index is 1.68. The van der Waals surface area contributed by atoms with Gasteiger partial charge in [0.25, 0.3) is 0 Å². The van der Waals surface area contributed by atoms with Crippen LogP contribution in [0.25, 0.3) is 11.1 Å². The molecule has 3 aromatic rings. The first-order valence-corrected chi connectivity index (χ1v) is 10.2. The highest BCUT2D eigenvalue weighted by molar-refractivity contribution is 6.37. The van der Waals surface area contributed by atoms with Crippen LogP contribution in [0.3, 0.4) is 0 Å². The van der Waals surface area contributed by atoms with E-state index < -0.39 is 11.5 Å². The average Bonchev–Trinajstić information content (AvgIpc) is 3.23. The van der Waals surface area contributed by atoms with Gasteiger partial charge in [0.1, 0.15) is 5.54 Å². The van der Waals surface area contributed by atoms with Crippen LogP contribution in [0.5, 0.6) is 0 Å². The molecule has 5 nitrogen and oxygen atoms in total. The zero-order valence-electron chi connectivity index (χ0n) is 16.1. The number of hydrogen-bond donors (Lipinski definition) is 1. The van der Waals surface area contributed by atoms with E-state index in [2.05, 4.69) is 9.98 Å². The number of aliphatic imine (C=N–C) groups is 1. The van der Waals surface area contributed by atoms with Gasteiger partial charge in [-0.3, -0.25) is 14.8 Å². The first-order valence-electron chi connectivity index (χ1n) is 9.39. The fourth-order valence-corrected chi connectivity index (χ4v) is 4.00. The molecule has 7 heteroatoms. The Bertz CT molecular complexity index is 1240. The second-order valence-corrected chi connectivity index (χ2v) is 7.96. The number of nitrogens with zero attached hydrogens (tertiary/aromatic N) is 2. The zero-order valence-corrected chi connectivity index (χ0v) is 17.6. The van der Waals surface area contributed by atoms with Gasteiger partial charge < -0.3 is 5.11 Å². The molecule has 2 heterocycles. The minimum atomic E-state index is -1.16. The van der Waals surface area contributed by atoms with E-state index in [0.717, 1.165) is 11.1 Å². The first-order chi connectivity index (χ1) is 14.9. The van der Waals surface area contributed by atoms with Gasteiger partial charge in [0.15, 0.2) is 5.78 Å². The lowest BCUT2D eigenvalue weighted by Gasteiger charge is -2.23. The van der Waals surface area contributed by atoms with Gasteiger partial charge in [-0.15, -0.1) is 0 Å². The van der Waals surface area contributed by atoms with E-state index in [1.807, 2.05) is 12.1 Å². The molecule has 4 rings (SSSR count). The van der Waals surface area contributed by atoms with Crippen LogP contribution in [0.15, 0.2) is 77.9 Å². The number of benzene rings is 2. The lowest BCUT2D eigenvalue weighted by molar-refractivity contribution is 0.0696. The number of rotatable bonds is 6. The highest BCUT2D eigenvalue weighted by Crippen LogP contribution is 2.32. The zero-order chi connectivity index (χ0) is 22.0. The van der Waals surface area contributed by atoms with Crippen LogP contribution in [0.4, 0.5) is 0 Å². The molecule has 1 aliphatic heterocycles. The van der Waals surface area contributed by atoms with Crippen molar-refractivity contribution in [3.05, 3.63) is 99.8 Å². The van der Waals surface area contributed by atoms with Crippen LogP contribution in [0, 0.1) is 0 Å². The van der Waals surface area contributed by atoms with E-state index in [-0.39, 0.29) is 22.8 Å². The summed E-state index contributed by atoms with van der Waals surface area (Å²) in [6, 6.07) is 15.0. The predicted molar refractivity (Wildman–Crippen MR) is 121 cm³/mol. The van der Waals surface area contributed by atoms with Gasteiger partial charge in [-0.1, -0.05) is 35.3 Å². The fourth-order valence-electron chi connectivity index (χ4n) is 3.51. The quantitative estimate of drug-likeness (QED) is 0.498. The topological polar surface area (TPSA) is 79.6 Å². The summed E-state index contributed by atoms with van der Waals surface area (Å²) in [5, 5.41) is 9.96. The molecule has 0 fully saturated rings. The summed E-state index contributed by atoms with van der Waals surface area (Å²) < 4.78 is 0. The van der Waals surface area contributed by atoms with Crippen LogP contribution < -0.4 is 0 Å². The number of aromatic carboxylic acids is 1. The van der Waals surface area contributed by atoms with Gasteiger partial charge >= 0.3 is 5.97 Å². The summed E-state index contributed by atoms with van der Waals surface area (Å²) in [4.78, 5) is 33.5. The molecule has 1 atom stereocenters. The molecule has 0 saturated heterocycles. The van der Waals surface area contributed by atoms with Crippen molar-refractivity contribution < 1.29 is 14.7 Å². The Labute approximate surface area is 188 Å². The van der Waals surface area contributed by atoms with Crippen molar-refractivity contribution in [1.29, 1.82) is 0 Å². The number of carbonyl (C=O) groups excluding carboxylic acids is 1. The largest absolute Gasteiger partial charge is 0.478 e. The maximum Gasteiger partial charge on any atom is 0.335 e. The molecule has 1 aliphatic rings. The van der Waals surface area contributed by atoms with Crippen molar-refractivity contribution in [2.45, 2.75) is 12.0 Å². The standard InChI is InChI=1S/C24H16Cl2N2O3/c25-18-5-6-20(21(26)13-18)22(29)24(8-2-9-28-24)14-19-12-16(7-10-27-19)15-3-1-4-17(11-15)23(30)31/h1-13H,14H2,(H,30,31). The van der Waals surface area contributed by atoms with E-state index in [9.17, 15) is 14.7 Å². The van der Waals surface area contributed by atoms with Crippen molar-refractivity contribution >= 4 is 41.2 Å². The Hall–Kier alpha value is -3.28. The number of Topliss-reactive ketones (excluding diaryl/α,β-unsaturated/α-hetero) is 1. The maximum absolute atomic E-state index is 13.4. The van der Waals surface area contributed by atoms with Crippen molar-refractivity contribution in [3.63, 3.8) is 0 Å². The lowest BCUT2D eigenvalue weighted by Crippen LogP contribution is -2.36. The average molecular weight is 451 g/mol. The molecule has 2 aromatic carbocycles. The summed E-state index contributed by atoms with van der Waals surface area (Å²) in [6.07, 6.45) is 6.90. The highest BCUT2D eigenvalue weighted by atomic mass is 35.5. The number of halogens is 2. The van der Waals surface area contributed by atoms with Gasteiger partial charge in [-0.25, -0.2) is 4.79 Å². The number of carbonyl (C=O) groups is 2. The van der Waals surface area contributed by atoms with Crippen molar-refractivity contribution in [2.75, 3.05) is 0 Å². The second-order valence-electron chi connectivity index (χ2n) is 7.11. The van der Waals surface area contributed by atoms with Gasteiger partial charge in [0.05, 0.1) is 10.6 Å². The van der Waals surface area contributed by atoms with Crippen LogP contribution in [0.2, 0.25) is 10.0 Å². The van der Waals surface area contributed by atoms with E-state index in [0.29, 0.717) is 16.3 Å². The second kappa shape index (κ2) is 8.46. The molecular weight excluding hydrogens is 435 g/mol. The van der Waals surface area contributed by atoms with Crippen LogP contribution in [-0.2, 0) is 6.42 Å². The van der Waals surface area contributed by atoms with E-state index in [1.165, 1.54) is 12.1 Å². The van der Waals surface area contributed by atoms with Gasteiger partial charge in [-0.05, 0) is 65.7 Å². The maximum atomic E-state index is 13.4. The molecule has 0 amide bonds. The van der Waals surface area contributed by atoms with Crippen LogP contribution in [0.1, 0.15) is 26.4 Å². The molecule has 1 aromatic heterocycles. The monoisotopic (exact) mass is 450 g/mol. The number of carboxylic acid groups (broad SMARTS) is 1. The Morgan fingerprint density at radius 2 is 1.81 bits per heavy atom. The minimum Gasteiger partial charge on any atom is -0.478 e. The number of ketones is 1. The molecule has 0 radical (unpaired) electrons. The third kappa shape index (κ3) is 4.29. The third-order valence-corrected chi connectivity index (χ3v) is 5.59. The van der Waals surface area contributed by atoms with Crippen LogP contribution in [-0.4, -0.2) is 33.6 Å². The smallest absolute Gasteiger partial charge is 0.335 e. The minimum absolute atomic E-state index is 0.197. The van der Waals surface area contributed by atoms with Gasteiger partial charge in [-0.2, -0.15) is 0 Å². The summed E-state index contributed by atoms with van der Waals surface area (Å²) in [5.74, 6) is -1.25. The Kier molecular flexibility index (Phi) is 5.72. The molecule has 1 unspecified atom stereocenters. The number of allylic oxidation sites excluding steroid dienone is 1.